The third kappa shape index (κ3) is 6.95. The summed E-state index contributed by atoms with van der Waals surface area (Å²) in [4.78, 5) is 26.0. The molecular weight excluding hydrogens is 558 g/mol. The number of carbonyl (C=O) groups is 1. The molecule has 0 aliphatic heterocycles. The van der Waals surface area contributed by atoms with Crippen LogP contribution in [-0.4, -0.2) is 39.3 Å². The minimum absolute atomic E-state index is 0.241. The largest absolute Gasteiger partial charge is 0.490 e. The summed E-state index contributed by atoms with van der Waals surface area (Å²) in [6.45, 7) is 5.78. The van der Waals surface area contributed by atoms with Crippen molar-refractivity contribution in [2.45, 2.75) is 38.8 Å². The Morgan fingerprint density at radius 1 is 0.953 bits per heavy atom. The predicted molar refractivity (Wildman–Crippen MR) is 173 cm³/mol. The van der Waals surface area contributed by atoms with Crippen LogP contribution in [0.15, 0.2) is 97.7 Å². The summed E-state index contributed by atoms with van der Waals surface area (Å²) in [5.74, 6) is 0.616. The van der Waals surface area contributed by atoms with E-state index in [9.17, 15) is 4.79 Å². The molecule has 2 aromatic carbocycles. The fourth-order valence-electron chi connectivity index (χ4n) is 4.90. The Hall–Kier alpha value is -4.89. The summed E-state index contributed by atoms with van der Waals surface area (Å²) >= 11 is 1.65. The first-order valence-electron chi connectivity index (χ1n) is 14.1. The standard InChI is InChI=1S/C34H33N5O3S/c1-34(2,3)42-33(40)39-25(13-22-17-37-29-12-8-7-11-27(22)29)21-41-26-14-23(16-35-18-26)31-15-28-30(19-36-20-32(28)43-31)38-24-9-5-4-6-10-24/h4-12,14-20,25,37-38H,13,21H2,1-3H3,(H,39,40)/t25-/m0/s1. The summed E-state index contributed by atoms with van der Waals surface area (Å²) in [7, 11) is 0. The van der Waals surface area contributed by atoms with E-state index in [-0.39, 0.29) is 12.6 Å². The van der Waals surface area contributed by atoms with Crippen molar-refractivity contribution in [3.8, 4) is 16.2 Å². The predicted octanol–water partition coefficient (Wildman–Crippen LogP) is 8.10. The molecule has 0 bridgehead atoms. The van der Waals surface area contributed by atoms with Gasteiger partial charge in [-0.25, -0.2) is 4.79 Å². The quantitative estimate of drug-likeness (QED) is 0.157. The second kappa shape index (κ2) is 12.1. The summed E-state index contributed by atoms with van der Waals surface area (Å²) in [5, 5.41) is 8.68. The van der Waals surface area contributed by atoms with E-state index in [1.54, 1.807) is 17.5 Å². The number of fused-ring (bicyclic) bond motifs is 2. The molecular formula is C34H33N5O3S. The molecule has 43 heavy (non-hydrogen) atoms. The van der Waals surface area contributed by atoms with Gasteiger partial charge in [0.05, 0.1) is 28.8 Å². The molecule has 0 spiro atoms. The van der Waals surface area contributed by atoms with E-state index in [0.29, 0.717) is 12.2 Å². The van der Waals surface area contributed by atoms with E-state index < -0.39 is 11.7 Å². The molecule has 0 radical (unpaired) electrons. The average Bonchev–Trinajstić information content (AvgIpc) is 3.61. The van der Waals surface area contributed by atoms with Crippen LogP contribution < -0.4 is 15.4 Å². The molecule has 0 aliphatic rings. The second-order valence-corrected chi connectivity index (χ2v) is 12.4. The van der Waals surface area contributed by atoms with Crippen LogP contribution in [0.1, 0.15) is 26.3 Å². The molecule has 0 saturated heterocycles. The number of H-pyrrole nitrogens is 1. The van der Waals surface area contributed by atoms with Gasteiger partial charge in [0.2, 0.25) is 0 Å². The van der Waals surface area contributed by atoms with E-state index in [1.165, 1.54) is 0 Å². The number of para-hydroxylation sites is 2. The summed E-state index contributed by atoms with van der Waals surface area (Å²) in [5.41, 5.74) is 4.42. The first-order valence-corrected chi connectivity index (χ1v) is 14.9. The number of anilines is 2. The van der Waals surface area contributed by atoms with Gasteiger partial charge in [0.1, 0.15) is 18.0 Å². The number of hydrogen-bond acceptors (Lipinski definition) is 7. The van der Waals surface area contributed by atoms with Crippen molar-refractivity contribution >= 4 is 49.8 Å². The Bertz CT molecular complexity index is 1860. The number of hydrogen-bond donors (Lipinski definition) is 3. The fourth-order valence-corrected chi connectivity index (χ4v) is 5.94. The molecule has 6 rings (SSSR count). The molecule has 0 fully saturated rings. The van der Waals surface area contributed by atoms with Gasteiger partial charge in [-0.2, -0.15) is 0 Å². The third-order valence-electron chi connectivity index (χ3n) is 6.81. The minimum atomic E-state index is -0.606. The second-order valence-electron chi connectivity index (χ2n) is 11.3. The molecule has 0 unspecified atom stereocenters. The van der Waals surface area contributed by atoms with Crippen LogP contribution in [0.2, 0.25) is 0 Å². The number of alkyl carbamates (subject to hydrolysis) is 1. The Balaban J connectivity index is 1.20. The number of nitrogens with one attached hydrogen (secondary N) is 3. The number of nitrogens with zero attached hydrogens (tertiary/aromatic N) is 2. The van der Waals surface area contributed by atoms with E-state index >= 15 is 0 Å². The Morgan fingerprint density at radius 3 is 2.58 bits per heavy atom. The Morgan fingerprint density at radius 2 is 1.74 bits per heavy atom. The molecule has 0 aliphatic carbocycles. The van der Waals surface area contributed by atoms with Crippen molar-refractivity contribution in [3.05, 3.63) is 103 Å². The van der Waals surface area contributed by atoms with Gasteiger partial charge in [-0.05, 0) is 63.1 Å². The Labute approximate surface area is 254 Å². The average molecular weight is 592 g/mol. The smallest absolute Gasteiger partial charge is 0.408 e. The first kappa shape index (κ1) is 28.2. The highest BCUT2D eigenvalue weighted by atomic mass is 32.1. The third-order valence-corrected chi connectivity index (χ3v) is 7.93. The molecule has 4 heterocycles. The lowest BCUT2D eigenvalue weighted by Crippen LogP contribution is -2.43. The zero-order valence-electron chi connectivity index (χ0n) is 24.3. The van der Waals surface area contributed by atoms with Crippen LogP contribution in [0.4, 0.5) is 16.2 Å². The molecule has 6 aromatic rings. The molecule has 1 amide bonds. The molecule has 1 atom stereocenters. The number of amides is 1. The molecule has 9 heteroatoms. The van der Waals surface area contributed by atoms with Gasteiger partial charge in [-0.1, -0.05) is 36.4 Å². The van der Waals surface area contributed by atoms with Crippen molar-refractivity contribution in [3.63, 3.8) is 0 Å². The van der Waals surface area contributed by atoms with Gasteiger partial charge < -0.3 is 25.1 Å². The molecule has 3 N–H and O–H groups in total. The summed E-state index contributed by atoms with van der Waals surface area (Å²) < 4.78 is 12.9. The van der Waals surface area contributed by atoms with Gasteiger partial charge in [-0.3, -0.25) is 9.97 Å². The number of aromatic nitrogens is 3. The highest BCUT2D eigenvalue weighted by Crippen LogP contribution is 2.38. The van der Waals surface area contributed by atoms with Gasteiger partial charge in [0, 0.05) is 51.0 Å². The lowest BCUT2D eigenvalue weighted by atomic mass is 10.1. The van der Waals surface area contributed by atoms with Crippen molar-refractivity contribution in [1.82, 2.24) is 20.3 Å². The monoisotopic (exact) mass is 591 g/mol. The zero-order chi connectivity index (χ0) is 29.8. The molecule has 4 aromatic heterocycles. The summed E-state index contributed by atoms with van der Waals surface area (Å²) in [6, 6.07) is 22.0. The van der Waals surface area contributed by atoms with Crippen LogP contribution in [0.5, 0.6) is 5.75 Å². The van der Waals surface area contributed by atoms with Crippen LogP contribution in [0, 0.1) is 0 Å². The first-order chi connectivity index (χ1) is 20.8. The van der Waals surface area contributed by atoms with Gasteiger partial charge in [-0.15, -0.1) is 11.3 Å². The van der Waals surface area contributed by atoms with Crippen molar-refractivity contribution in [2.75, 3.05) is 11.9 Å². The van der Waals surface area contributed by atoms with Crippen molar-refractivity contribution < 1.29 is 14.3 Å². The van der Waals surface area contributed by atoms with Crippen LogP contribution in [0.3, 0.4) is 0 Å². The number of thiophene rings is 1. The lowest BCUT2D eigenvalue weighted by molar-refractivity contribution is 0.0488. The van der Waals surface area contributed by atoms with Gasteiger partial charge in [0.15, 0.2) is 0 Å². The number of pyridine rings is 2. The number of rotatable bonds is 9. The minimum Gasteiger partial charge on any atom is -0.490 e. The molecule has 8 nitrogen and oxygen atoms in total. The maximum atomic E-state index is 12.7. The highest BCUT2D eigenvalue weighted by Gasteiger charge is 2.21. The van der Waals surface area contributed by atoms with E-state index in [4.69, 9.17) is 9.47 Å². The Kier molecular flexibility index (Phi) is 7.98. The fraction of sp³-hybridized carbons (Fsp3) is 0.206. The maximum Gasteiger partial charge on any atom is 0.408 e. The van der Waals surface area contributed by atoms with Crippen LogP contribution >= 0.6 is 11.3 Å². The van der Waals surface area contributed by atoms with Gasteiger partial charge in [0.25, 0.3) is 0 Å². The molecule has 218 valence electrons. The van der Waals surface area contributed by atoms with E-state index in [1.807, 2.05) is 100 Å². The van der Waals surface area contributed by atoms with Crippen LogP contribution in [0.25, 0.3) is 31.4 Å². The number of benzene rings is 2. The lowest BCUT2D eigenvalue weighted by Gasteiger charge is -2.24. The SMILES string of the molecule is CC(C)(C)OC(=O)N[C@H](COc1cncc(-c2cc3c(Nc4ccccc4)cncc3s2)c1)Cc1c[nH]c2ccccc12. The zero-order valence-corrected chi connectivity index (χ0v) is 25.1. The van der Waals surface area contributed by atoms with E-state index in [2.05, 4.69) is 37.7 Å². The highest BCUT2D eigenvalue weighted by molar-refractivity contribution is 7.22. The van der Waals surface area contributed by atoms with Crippen molar-refractivity contribution in [1.29, 1.82) is 0 Å². The maximum absolute atomic E-state index is 12.7. The summed E-state index contributed by atoms with van der Waals surface area (Å²) in [6.07, 6.45) is 9.31. The van der Waals surface area contributed by atoms with Gasteiger partial charge >= 0.3 is 6.09 Å². The normalized spacial score (nSPS) is 12.3. The number of aromatic amines is 1. The topological polar surface area (TPSA) is 101 Å². The number of carbonyl (C=O) groups excluding carboxylic acids is 1. The van der Waals surface area contributed by atoms with E-state index in [0.717, 1.165) is 48.4 Å². The molecule has 0 saturated carbocycles. The van der Waals surface area contributed by atoms with Crippen molar-refractivity contribution in [2.24, 2.45) is 0 Å². The van der Waals surface area contributed by atoms with Crippen LogP contribution in [-0.2, 0) is 11.2 Å². The number of ether oxygens (including phenoxy) is 2.